The SMILES string of the molecule is C=CCCCC(=O)C(C)C.CCC. The summed E-state index contributed by atoms with van der Waals surface area (Å²) in [6.07, 6.45) is 5.73. The molecule has 0 saturated heterocycles. The van der Waals surface area contributed by atoms with Crippen molar-refractivity contribution in [3.8, 4) is 0 Å². The summed E-state index contributed by atoms with van der Waals surface area (Å²) in [5.74, 6) is 0.562. The lowest BCUT2D eigenvalue weighted by molar-refractivity contribution is -0.121. The minimum Gasteiger partial charge on any atom is -0.299 e. The highest BCUT2D eigenvalue weighted by atomic mass is 16.1. The van der Waals surface area contributed by atoms with Crippen LogP contribution >= 0.6 is 0 Å². The minimum atomic E-state index is 0.199. The van der Waals surface area contributed by atoms with Crippen molar-refractivity contribution in [2.45, 2.75) is 53.4 Å². The maximum atomic E-state index is 11.0. The van der Waals surface area contributed by atoms with Crippen LogP contribution in [0.3, 0.4) is 0 Å². The lowest BCUT2D eigenvalue weighted by Crippen LogP contribution is -2.05. The first-order valence-corrected chi connectivity index (χ1v) is 5.23. The van der Waals surface area contributed by atoms with E-state index in [1.54, 1.807) is 0 Å². The van der Waals surface area contributed by atoms with Gasteiger partial charge in [-0.05, 0) is 12.8 Å². The number of ketones is 1. The Kier molecular flexibility index (Phi) is 13.1. The van der Waals surface area contributed by atoms with Crippen molar-refractivity contribution in [2.75, 3.05) is 0 Å². The summed E-state index contributed by atoms with van der Waals surface area (Å²) in [5, 5.41) is 0. The van der Waals surface area contributed by atoms with Crippen molar-refractivity contribution in [1.82, 2.24) is 0 Å². The zero-order chi connectivity index (χ0) is 10.7. The van der Waals surface area contributed by atoms with Gasteiger partial charge in [0.25, 0.3) is 0 Å². The van der Waals surface area contributed by atoms with Crippen LogP contribution in [0.2, 0.25) is 0 Å². The van der Waals surface area contributed by atoms with Crippen LogP contribution in [0.25, 0.3) is 0 Å². The predicted octanol–water partition coefficient (Wildman–Crippen LogP) is 3.98. The highest BCUT2D eigenvalue weighted by molar-refractivity contribution is 5.80. The number of hydrogen-bond donors (Lipinski definition) is 0. The van der Waals surface area contributed by atoms with Crippen molar-refractivity contribution in [3.63, 3.8) is 0 Å². The maximum Gasteiger partial charge on any atom is 0.135 e. The average molecular weight is 184 g/mol. The number of rotatable bonds is 5. The van der Waals surface area contributed by atoms with Gasteiger partial charge < -0.3 is 0 Å². The summed E-state index contributed by atoms with van der Waals surface area (Å²) >= 11 is 0. The van der Waals surface area contributed by atoms with Gasteiger partial charge in [0.2, 0.25) is 0 Å². The molecule has 0 spiro atoms. The van der Waals surface area contributed by atoms with Crippen molar-refractivity contribution < 1.29 is 4.79 Å². The maximum absolute atomic E-state index is 11.0. The Labute approximate surface area is 83.2 Å². The van der Waals surface area contributed by atoms with Crippen LogP contribution in [0.4, 0.5) is 0 Å². The molecule has 0 aliphatic heterocycles. The van der Waals surface area contributed by atoms with Gasteiger partial charge in [0.15, 0.2) is 0 Å². The van der Waals surface area contributed by atoms with E-state index in [0.717, 1.165) is 12.8 Å². The van der Waals surface area contributed by atoms with Gasteiger partial charge in [-0.25, -0.2) is 0 Å². The van der Waals surface area contributed by atoms with E-state index in [1.165, 1.54) is 6.42 Å². The Morgan fingerprint density at radius 2 is 1.85 bits per heavy atom. The zero-order valence-electron chi connectivity index (χ0n) is 9.60. The Bertz CT molecular complexity index is 125. The molecular weight excluding hydrogens is 160 g/mol. The van der Waals surface area contributed by atoms with Gasteiger partial charge in [-0.2, -0.15) is 0 Å². The van der Waals surface area contributed by atoms with Crippen LogP contribution in [0.5, 0.6) is 0 Å². The Morgan fingerprint density at radius 3 is 2.15 bits per heavy atom. The molecule has 0 aliphatic rings. The Balaban J connectivity index is 0. The fraction of sp³-hybridized carbons (Fsp3) is 0.750. The molecule has 0 aromatic heterocycles. The molecule has 0 aromatic rings. The third kappa shape index (κ3) is 14.3. The monoisotopic (exact) mass is 184 g/mol. The fourth-order valence-corrected chi connectivity index (χ4v) is 0.709. The lowest BCUT2D eigenvalue weighted by atomic mass is 10.0. The third-order valence-electron chi connectivity index (χ3n) is 1.48. The van der Waals surface area contributed by atoms with E-state index in [4.69, 9.17) is 0 Å². The second-order valence-corrected chi connectivity index (χ2v) is 3.51. The lowest BCUT2D eigenvalue weighted by Gasteiger charge is -2.00. The summed E-state index contributed by atoms with van der Waals surface area (Å²) < 4.78 is 0. The van der Waals surface area contributed by atoms with Crippen molar-refractivity contribution in [2.24, 2.45) is 5.92 Å². The normalized spacial score (nSPS) is 9.00. The smallest absolute Gasteiger partial charge is 0.135 e. The molecule has 0 radical (unpaired) electrons. The minimum absolute atomic E-state index is 0.199. The van der Waals surface area contributed by atoms with E-state index < -0.39 is 0 Å². The Hall–Kier alpha value is -0.590. The molecule has 0 aliphatic carbocycles. The van der Waals surface area contributed by atoms with Gasteiger partial charge in [-0.3, -0.25) is 4.79 Å². The van der Waals surface area contributed by atoms with Crippen LogP contribution in [0, 0.1) is 5.92 Å². The molecule has 13 heavy (non-hydrogen) atoms. The van der Waals surface area contributed by atoms with E-state index >= 15 is 0 Å². The molecule has 0 heterocycles. The van der Waals surface area contributed by atoms with E-state index in [9.17, 15) is 4.79 Å². The van der Waals surface area contributed by atoms with Crippen LogP contribution in [-0.2, 0) is 4.79 Å². The first-order valence-electron chi connectivity index (χ1n) is 5.23. The summed E-state index contributed by atoms with van der Waals surface area (Å²) in [6, 6.07) is 0. The van der Waals surface area contributed by atoms with E-state index in [-0.39, 0.29) is 5.92 Å². The van der Waals surface area contributed by atoms with Gasteiger partial charge in [0.05, 0.1) is 0 Å². The molecule has 0 amide bonds. The molecule has 1 nitrogen and oxygen atoms in total. The number of carbonyl (C=O) groups excluding carboxylic acids is 1. The summed E-state index contributed by atoms with van der Waals surface area (Å²) in [4.78, 5) is 11.0. The largest absolute Gasteiger partial charge is 0.299 e. The number of carbonyl (C=O) groups is 1. The summed E-state index contributed by atoms with van der Waals surface area (Å²) in [5.41, 5.74) is 0. The molecule has 0 unspecified atom stereocenters. The van der Waals surface area contributed by atoms with Crippen LogP contribution in [0.15, 0.2) is 12.7 Å². The highest BCUT2D eigenvalue weighted by Crippen LogP contribution is 2.03. The quantitative estimate of drug-likeness (QED) is 0.466. The van der Waals surface area contributed by atoms with Gasteiger partial charge in [0, 0.05) is 12.3 Å². The predicted molar refractivity (Wildman–Crippen MR) is 59.9 cm³/mol. The molecule has 0 N–H and O–H groups in total. The number of hydrogen-bond acceptors (Lipinski definition) is 1. The van der Waals surface area contributed by atoms with Gasteiger partial charge in [-0.1, -0.05) is 40.2 Å². The van der Waals surface area contributed by atoms with E-state index in [2.05, 4.69) is 20.4 Å². The molecule has 0 atom stereocenters. The molecule has 0 bridgehead atoms. The molecule has 0 fully saturated rings. The summed E-state index contributed by atoms with van der Waals surface area (Å²) in [6.45, 7) is 11.7. The Morgan fingerprint density at radius 1 is 1.38 bits per heavy atom. The van der Waals surface area contributed by atoms with Gasteiger partial charge in [0.1, 0.15) is 5.78 Å². The van der Waals surface area contributed by atoms with Crippen LogP contribution in [0.1, 0.15) is 53.4 Å². The van der Waals surface area contributed by atoms with Crippen LogP contribution in [-0.4, -0.2) is 5.78 Å². The van der Waals surface area contributed by atoms with Crippen molar-refractivity contribution in [1.29, 1.82) is 0 Å². The average Bonchev–Trinajstić information content (AvgIpc) is 2.06. The van der Waals surface area contributed by atoms with E-state index in [1.807, 2.05) is 19.9 Å². The van der Waals surface area contributed by atoms with Crippen LogP contribution < -0.4 is 0 Å². The summed E-state index contributed by atoms with van der Waals surface area (Å²) in [7, 11) is 0. The number of allylic oxidation sites excluding steroid dienone is 1. The highest BCUT2D eigenvalue weighted by Gasteiger charge is 2.04. The number of Topliss-reactive ketones (excluding diaryl/α,β-unsaturated/α-hetero) is 1. The number of unbranched alkanes of at least 4 members (excludes halogenated alkanes) is 1. The fourth-order valence-electron chi connectivity index (χ4n) is 0.709. The third-order valence-corrected chi connectivity index (χ3v) is 1.48. The van der Waals surface area contributed by atoms with Gasteiger partial charge >= 0.3 is 0 Å². The van der Waals surface area contributed by atoms with E-state index in [0.29, 0.717) is 12.2 Å². The molecular formula is C12H24O. The molecule has 1 heteroatoms. The zero-order valence-corrected chi connectivity index (χ0v) is 9.60. The van der Waals surface area contributed by atoms with Gasteiger partial charge in [-0.15, -0.1) is 6.58 Å². The second-order valence-electron chi connectivity index (χ2n) is 3.51. The first kappa shape index (κ1) is 14.9. The topological polar surface area (TPSA) is 17.1 Å². The molecule has 0 aromatic carbocycles. The first-order chi connectivity index (χ1) is 6.09. The molecule has 0 rings (SSSR count). The standard InChI is InChI=1S/C9H16O.C3H8/c1-4-5-6-7-9(10)8(2)3;1-3-2/h4,8H,1,5-7H2,2-3H3;3H2,1-2H3. The molecule has 78 valence electrons. The molecule has 0 saturated carbocycles. The van der Waals surface area contributed by atoms with Crippen molar-refractivity contribution >= 4 is 5.78 Å². The van der Waals surface area contributed by atoms with Crippen molar-refractivity contribution in [3.05, 3.63) is 12.7 Å². The second kappa shape index (κ2) is 11.4.